The summed E-state index contributed by atoms with van der Waals surface area (Å²) in [6.07, 6.45) is 0. The summed E-state index contributed by atoms with van der Waals surface area (Å²) < 4.78 is 6.35. The predicted octanol–water partition coefficient (Wildman–Crippen LogP) is 17.1. The molecule has 0 spiro atoms. The summed E-state index contributed by atoms with van der Waals surface area (Å²) >= 11 is 0. The van der Waals surface area contributed by atoms with Gasteiger partial charge in [-0.3, -0.25) is 0 Å². The molecule has 64 heavy (non-hydrogen) atoms. The van der Waals surface area contributed by atoms with Gasteiger partial charge in [-0.2, -0.15) is 0 Å². The highest BCUT2D eigenvalue weighted by atomic mass is 16.3. The zero-order chi connectivity index (χ0) is 42.4. The van der Waals surface area contributed by atoms with E-state index in [1.165, 1.54) is 44.2 Å². The Labute approximate surface area is 371 Å². The van der Waals surface area contributed by atoms with E-state index >= 15 is 0 Å². The Hall–Kier alpha value is -8.53. The molecule has 0 amide bonds. The molecule has 0 unspecified atom stereocenters. The van der Waals surface area contributed by atoms with Crippen molar-refractivity contribution in [2.45, 2.75) is 0 Å². The number of rotatable bonds is 8. The van der Waals surface area contributed by atoms with Crippen LogP contribution in [0.15, 0.2) is 247 Å². The van der Waals surface area contributed by atoms with Gasteiger partial charge in [0, 0.05) is 27.7 Å². The molecule has 0 aliphatic carbocycles. The Balaban J connectivity index is 0.956. The van der Waals surface area contributed by atoms with E-state index in [-0.39, 0.29) is 0 Å². The van der Waals surface area contributed by atoms with Crippen molar-refractivity contribution in [3.63, 3.8) is 0 Å². The van der Waals surface area contributed by atoms with Gasteiger partial charge in [0.25, 0.3) is 0 Å². The second-order valence-electron chi connectivity index (χ2n) is 16.4. The molecule has 0 bridgehead atoms. The number of oxazole rings is 1. The Kier molecular flexibility index (Phi) is 9.16. The third-order valence-corrected chi connectivity index (χ3v) is 12.5. The minimum atomic E-state index is 0.630. The average molecular weight is 817 g/mol. The summed E-state index contributed by atoms with van der Waals surface area (Å²) in [5, 5.41) is 6.88. The van der Waals surface area contributed by atoms with E-state index < -0.39 is 0 Å². The highest BCUT2D eigenvalue weighted by Gasteiger charge is 2.19. The second kappa shape index (κ2) is 15.7. The lowest BCUT2D eigenvalue weighted by Gasteiger charge is -2.28. The van der Waals surface area contributed by atoms with Crippen LogP contribution in [0.4, 0.5) is 17.1 Å². The monoisotopic (exact) mass is 816 g/mol. The van der Waals surface area contributed by atoms with Crippen LogP contribution in [0.3, 0.4) is 0 Å². The standard InChI is InChI=1S/C61H40N2O/c1-3-13-41(14-4-1)47-20-11-21-53(39-47)63(52-33-29-45(30-34-52)55-23-10-9-22-54(55)43-16-5-2-6-17-43)58-24-12-19-44-26-27-49(40-57(44)58)48-31-35-56-50(37-48)32-36-59-60(56)62-61(64-59)51-28-25-42-15-7-8-18-46(42)38-51/h1-40H. The minimum Gasteiger partial charge on any atom is -0.436 e. The number of benzene rings is 11. The molecule has 0 saturated carbocycles. The van der Waals surface area contributed by atoms with Gasteiger partial charge in [-0.1, -0.05) is 182 Å². The van der Waals surface area contributed by atoms with Crippen LogP contribution in [-0.4, -0.2) is 4.98 Å². The summed E-state index contributed by atoms with van der Waals surface area (Å²) in [4.78, 5) is 7.45. The molecule has 0 saturated heterocycles. The summed E-state index contributed by atoms with van der Waals surface area (Å²) in [7, 11) is 0. The first-order valence-electron chi connectivity index (χ1n) is 21.8. The van der Waals surface area contributed by atoms with Crippen LogP contribution in [0.2, 0.25) is 0 Å². The Bertz CT molecular complexity index is 3670. The Morgan fingerprint density at radius 2 is 0.875 bits per heavy atom. The molecule has 3 nitrogen and oxygen atoms in total. The van der Waals surface area contributed by atoms with Gasteiger partial charge in [-0.05, 0) is 127 Å². The van der Waals surface area contributed by atoms with Crippen molar-refractivity contribution >= 4 is 60.5 Å². The molecular weight excluding hydrogens is 777 g/mol. The number of fused-ring (bicyclic) bond motifs is 5. The van der Waals surface area contributed by atoms with E-state index in [1.807, 2.05) is 6.07 Å². The molecule has 1 aromatic heterocycles. The SMILES string of the molecule is c1ccc(-c2cccc(N(c3ccc(-c4ccccc4-c4ccccc4)cc3)c3cccc4ccc(-c5ccc6c(ccc7oc(-c8ccc9ccccc9c8)nc76)c5)cc34)c2)cc1. The lowest BCUT2D eigenvalue weighted by molar-refractivity contribution is 0.620. The Morgan fingerprint density at radius 1 is 0.312 bits per heavy atom. The third-order valence-electron chi connectivity index (χ3n) is 12.5. The molecule has 1 heterocycles. The number of hydrogen-bond acceptors (Lipinski definition) is 3. The summed E-state index contributed by atoms with van der Waals surface area (Å²) in [6.45, 7) is 0. The topological polar surface area (TPSA) is 29.3 Å². The van der Waals surface area contributed by atoms with Crippen LogP contribution in [0, 0.1) is 0 Å². The molecule has 3 heteroatoms. The molecular formula is C61H40N2O. The number of nitrogens with zero attached hydrogens (tertiary/aromatic N) is 2. The first-order chi connectivity index (χ1) is 31.7. The summed E-state index contributed by atoms with van der Waals surface area (Å²) in [6, 6.07) is 86.9. The van der Waals surface area contributed by atoms with Crippen molar-refractivity contribution in [2.24, 2.45) is 0 Å². The zero-order valence-corrected chi connectivity index (χ0v) is 34.9. The fourth-order valence-corrected chi connectivity index (χ4v) is 9.25. The van der Waals surface area contributed by atoms with Gasteiger partial charge in [0.1, 0.15) is 5.52 Å². The largest absolute Gasteiger partial charge is 0.436 e. The van der Waals surface area contributed by atoms with Crippen molar-refractivity contribution in [3.8, 4) is 56.0 Å². The highest BCUT2D eigenvalue weighted by molar-refractivity contribution is 6.06. The van der Waals surface area contributed by atoms with Crippen molar-refractivity contribution in [2.75, 3.05) is 4.90 Å². The fourth-order valence-electron chi connectivity index (χ4n) is 9.25. The van der Waals surface area contributed by atoms with Crippen molar-refractivity contribution in [3.05, 3.63) is 243 Å². The van der Waals surface area contributed by atoms with E-state index in [1.54, 1.807) is 0 Å². The number of aromatic nitrogens is 1. The smallest absolute Gasteiger partial charge is 0.227 e. The molecule has 12 rings (SSSR count). The number of anilines is 3. The van der Waals surface area contributed by atoms with Crippen LogP contribution in [0.1, 0.15) is 0 Å². The molecule has 12 aromatic rings. The first kappa shape index (κ1) is 37.2. The lowest BCUT2D eigenvalue weighted by atomic mass is 9.94. The van der Waals surface area contributed by atoms with Crippen molar-refractivity contribution in [1.82, 2.24) is 4.98 Å². The third kappa shape index (κ3) is 6.77. The Morgan fingerprint density at radius 3 is 1.69 bits per heavy atom. The summed E-state index contributed by atoms with van der Waals surface area (Å²) in [5.41, 5.74) is 15.3. The molecule has 0 radical (unpaired) electrons. The van der Waals surface area contributed by atoms with E-state index in [0.717, 1.165) is 66.4 Å². The molecule has 0 fully saturated rings. The van der Waals surface area contributed by atoms with Gasteiger partial charge >= 0.3 is 0 Å². The van der Waals surface area contributed by atoms with E-state index in [2.05, 4.69) is 241 Å². The normalized spacial score (nSPS) is 11.4. The van der Waals surface area contributed by atoms with E-state index in [4.69, 9.17) is 9.40 Å². The lowest BCUT2D eigenvalue weighted by Crippen LogP contribution is -2.10. The maximum atomic E-state index is 6.35. The molecule has 0 aliphatic rings. The van der Waals surface area contributed by atoms with Gasteiger partial charge in [0.15, 0.2) is 5.58 Å². The molecule has 0 atom stereocenters. The fraction of sp³-hybridized carbons (Fsp3) is 0. The van der Waals surface area contributed by atoms with Gasteiger partial charge in [0.2, 0.25) is 5.89 Å². The minimum absolute atomic E-state index is 0.630. The highest BCUT2D eigenvalue weighted by Crippen LogP contribution is 2.43. The van der Waals surface area contributed by atoms with Crippen LogP contribution < -0.4 is 4.90 Å². The molecule has 0 N–H and O–H groups in total. The van der Waals surface area contributed by atoms with Crippen LogP contribution in [-0.2, 0) is 0 Å². The summed E-state index contributed by atoms with van der Waals surface area (Å²) in [5.74, 6) is 0.630. The molecule has 0 aliphatic heterocycles. The maximum Gasteiger partial charge on any atom is 0.227 e. The van der Waals surface area contributed by atoms with Crippen LogP contribution >= 0.6 is 0 Å². The van der Waals surface area contributed by atoms with Crippen LogP contribution in [0.25, 0.3) is 99.4 Å². The molecule has 11 aromatic carbocycles. The number of hydrogen-bond donors (Lipinski definition) is 0. The van der Waals surface area contributed by atoms with Gasteiger partial charge in [0.05, 0.1) is 5.69 Å². The quantitative estimate of drug-likeness (QED) is 0.153. The van der Waals surface area contributed by atoms with E-state index in [9.17, 15) is 0 Å². The second-order valence-corrected chi connectivity index (χ2v) is 16.4. The first-order valence-corrected chi connectivity index (χ1v) is 21.8. The predicted molar refractivity (Wildman–Crippen MR) is 268 cm³/mol. The molecule has 300 valence electrons. The average Bonchev–Trinajstić information content (AvgIpc) is 3.82. The van der Waals surface area contributed by atoms with Gasteiger partial charge in [-0.15, -0.1) is 0 Å². The van der Waals surface area contributed by atoms with Gasteiger partial charge in [-0.25, -0.2) is 4.98 Å². The van der Waals surface area contributed by atoms with Gasteiger partial charge < -0.3 is 9.32 Å². The maximum absolute atomic E-state index is 6.35. The van der Waals surface area contributed by atoms with E-state index in [0.29, 0.717) is 5.89 Å². The zero-order valence-electron chi connectivity index (χ0n) is 34.9. The van der Waals surface area contributed by atoms with Crippen LogP contribution in [0.5, 0.6) is 0 Å². The van der Waals surface area contributed by atoms with Crippen molar-refractivity contribution in [1.29, 1.82) is 0 Å². The van der Waals surface area contributed by atoms with Crippen molar-refractivity contribution < 1.29 is 4.42 Å².